The largest absolute Gasteiger partial charge is 0.317 e. The Bertz CT molecular complexity index is 454. The Kier molecular flexibility index (Phi) is 5.73. The Labute approximate surface area is 112 Å². The van der Waals surface area contributed by atoms with Crippen molar-refractivity contribution < 1.29 is 8.42 Å². The molecule has 96 valence electrons. The summed E-state index contributed by atoms with van der Waals surface area (Å²) >= 11 is 11.7. The molecule has 0 bridgehead atoms. The maximum atomic E-state index is 12.0. The van der Waals surface area contributed by atoms with Gasteiger partial charge in [0, 0.05) is 0 Å². The van der Waals surface area contributed by atoms with E-state index in [-0.39, 0.29) is 20.7 Å². The van der Waals surface area contributed by atoms with Crippen LogP contribution in [-0.2, 0) is 9.84 Å². The molecule has 0 spiro atoms. The average molecular weight is 296 g/mol. The molecule has 0 unspecified atom stereocenters. The van der Waals surface area contributed by atoms with Crippen molar-refractivity contribution in [2.75, 3.05) is 18.8 Å². The van der Waals surface area contributed by atoms with Gasteiger partial charge < -0.3 is 5.32 Å². The number of sulfone groups is 1. The van der Waals surface area contributed by atoms with Gasteiger partial charge in [0.05, 0.1) is 15.8 Å². The molecule has 3 nitrogen and oxygen atoms in total. The molecule has 0 atom stereocenters. The smallest absolute Gasteiger partial charge is 0.181 e. The molecule has 0 saturated carbocycles. The molecule has 0 fully saturated rings. The molecular weight excluding hydrogens is 281 g/mol. The summed E-state index contributed by atoms with van der Waals surface area (Å²) < 4.78 is 24.1. The molecule has 1 rings (SSSR count). The first kappa shape index (κ1) is 14.8. The normalized spacial score (nSPS) is 11.7. The van der Waals surface area contributed by atoms with E-state index in [0.29, 0.717) is 13.0 Å². The number of benzene rings is 1. The maximum absolute atomic E-state index is 12.0. The molecule has 0 radical (unpaired) electrons. The molecule has 0 amide bonds. The van der Waals surface area contributed by atoms with Crippen molar-refractivity contribution in [1.29, 1.82) is 0 Å². The fourth-order valence-electron chi connectivity index (χ4n) is 1.45. The molecular formula is C11H15Cl2NO2S. The van der Waals surface area contributed by atoms with Gasteiger partial charge in [-0.15, -0.1) is 0 Å². The van der Waals surface area contributed by atoms with E-state index in [9.17, 15) is 8.42 Å². The van der Waals surface area contributed by atoms with E-state index >= 15 is 0 Å². The van der Waals surface area contributed by atoms with Gasteiger partial charge in [0.2, 0.25) is 0 Å². The summed E-state index contributed by atoms with van der Waals surface area (Å²) in [6.45, 7) is 3.46. The van der Waals surface area contributed by atoms with Gasteiger partial charge in [-0.3, -0.25) is 0 Å². The lowest BCUT2D eigenvalue weighted by Crippen LogP contribution is -2.18. The van der Waals surface area contributed by atoms with Crippen LogP contribution in [0.1, 0.15) is 13.3 Å². The van der Waals surface area contributed by atoms with Crippen LogP contribution in [0, 0.1) is 0 Å². The highest BCUT2D eigenvalue weighted by Crippen LogP contribution is 2.29. The minimum absolute atomic E-state index is 0.0415. The average Bonchev–Trinajstić information content (AvgIpc) is 2.24. The van der Waals surface area contributed by atoms with Crippen LogP contribution in [0.3, 0.4) is 0 Å². The summed E-state index contributed by atoms with van der Waals surface area (Å²) in [5.74, 6) is 0.0451. The lowest BCUT2D eigenvalue weighted by molar-refractivity contribution is 0.590. The number of halogens is 2. The van der Waals surface area contributed by atoms with E-state index in [1.54, 1.807) is 6.07 Å². The van der Waals surface area contributed by atoms with E-state index in [4.69, 9.17) is 23.2 Å². The fraction of sp³-hybridized carbons (Fsp3) is 0.455. The van der Waals surface area contributed by atoms with Crippen molar-refractivity contribution in [2.24, 2.45) is 0 Å². The number of rotatable bonds is 6. The van der Waals surface area contributed by atoms with Gasteiger partial charge in [0.15, 0.2) is 9.84 Å². The SMILES string of the molecule is CCNCCCS(=O)(=O)c1c(Cl)cccc1Cl. The second kappa shape index (κ2) is 6.59. The third kappa shape index (κ3) is 4.14. The zero-order valence-electron chi connectivity index (χ0n) is 9.54. The summed E-state index contributed by atoms with van der Waals surface area (Å²) in [7, 11) is -3.41. The monoisotopic (exact) mass is 295 g/mol. The molecule has 0 aliphatic heterocycles. The van der Waals surface area contributed by atoms with Crippen LogP contribution in [0.15, 0.2) is 23.1 Å². The Morgan fingerprint density at radius 2 is 1.82 bits per heavy atom. The first-order valence-electron chi connectivity index (χ1n) is 5.36. The fourth-order valence-corrected chi connectivity index (χ4v) is 4.01. The van der Waals surface area contributed by atoms with Crippen LogP contribution in [-0.4, -0.2) is 27.3 Å². The highest BCUT2D eigenvalue weighted by atomic mass is 35.5. The van der Waals surface area contributed by atoms with E-state index < -0.39 is 9.84 Å². The molecule has 0 saturated heterocycles. The molecule has 0 heterocycles. The van der Waals surface area contributed by atoms with Crippen molar-refractivity contribution in [1.82, 2.24) is 5.32 Å². The summed E-state index contributed by atoms with van der Waals surface area (Å²) in [5.41, 5.74) is 0. The highest BCUT2D eigenvalue weighted by molar-refractivity contribution is 7.91. The first-order chi connectivity index (χ1) is 7.99. The van der Waals surface area contributed by atoms with Crippen LogP contribution < -0.4 is 5.32 Å². The minimum Gasteiger partial charge on any atom is -0.317 e. The van der Waals surface area contributed by atoms with Gasteiger partial charge >= 0.3 is 0 Å². The standard InChI is InChI=1S/C11H15Cl2NO2S/c1-2-14-7-4-8-17(15,16)11-9(12)5-3-6-10(11)13/h3,5-6,14H,2,4,7-8H2,1H3. The van der Waals surface area contributed by atoms with E-state index in [1.807, 2.05) is 6.92 Å². The lowest BCUT2D eigenvalue weighted by atomic mass is 10.4. The van der Waals surface area contributed by atoms with Crippen molar-refractivity contribution in [2.45, 2.75) is 18.2 Å². The summed E-state index contributed by atoms with van der Waals surface area (Å²) in [5, 5.41) is 3.43. The topological polar surface area (TPSA) is 46.2 Å². The summed E-state index contributed by atoms with van der Waals surface area (Å²) in [6, 6.07) is 4.69. The van der Waals surface area contributed by atoms with E-state index in [1.165, 1.54) is 12.1 Å². The molecule has 1 N–H and O–H groups in total. The maximum Gasteiger partial charge on any atom is 0.181 e. The first-order valence-corrected chi connectivity index (χ1v) is 7.77. The molecule has 1 aromatic carbocycles. The number of nitrogens with one attached hydrogen (secondary N) is 1. The Morgan fingerprint density at radius 3 is 2.35 bits per heavy atom. The van der Waals surface area contributed by atoms with Gasteiger partial charge in [-0.05, 0) is 31.6 Å². The lowest BCUT2D eigenvalue weighted by Gasteiger charge is -2.08. The zero-order valence-corrected chi connectivity index (χ0v) is 11.9. The van der Waals surface area contributed by atoms with Gasteiger partial charge in [-0.1, -0.05) is 36.2 Å². The van der Waals surface area contributed by atoms with Gasteiger partial charge in [0.25, 0.3) is 0 Å². The number of hydrogen-bond donors (Lipinski definition) is 1. The van der Waals surface area contributed by atoms with Crippen LogP contribution in [0.4, 0.5) is 0 Å². The second-order valence-electron chi connectivity index (χ2n) is 3.58. The van der Waals surface area contributed by atoms with Gasteiger partial charge in [-0.2, -0.15) is 0 Å². The third-order valence-electron chi connectivity index (χ3n) is 2.25. The molecule has 0 aliphatic rings. The van der Waals surface area contributed by atoms with Gasteiger partial charge in [0.1, 0.15) is 4.90 Å². The second-order valence-corrected chi connectivity index (χ2v) is 6.44. The van der Waals surface area contributed by atoms with E-state index in [2.05, 4.69) is 5.32 Å². The predicted molar refractivity (Wildman–Crippen MR) is 71.7 cm³/mol. The Balaban J connectivity index is 2.83. The predicted octanol–water partition coefficient (Wildman–Crippen LogP) is 2.77. The van der Waals surface area contributed by atoms with Crippen LogP contribution in [0.5, 0.6) is 0 Å². The zero-order chi connectivity index (χ0) is 12.9. The van der Waals surface area contributed by atoms with Crippen molar-refractivity contribution in [3.63, 3.8) is 0 Å². The molecule has 0 aliphatic carbocycles. The minimum atomic E-state index is -3.41. The van der Waals surface area contributed by atoms with Crippen LogP contribution in [0.25, 0.3) is 0 Å². The summed E-state index contributed by atoms with van der Waals surface area (Å²) in [4.78, 5) is 0.0415. The Hall–Kier alpha value is -0.290. The van der Waals surface area contributed by atoms with Crippen molar-refractivity contribution >= 4 is 33.0 Å². The van der Waals surface area contributed by atoms with Gasteiger partial charge in [-0.25, -0.2) is 8.42 Å². The van der Waals surface area contributed by atoms with Crippen LogP contribution >= 0.6 is 23.2 Å². The quantitative estimate of drug-likeness (QED) is 0.821. The molecule has 17 heavy (non-hydrogen) atoms. The molecule has 0 aromatic heterocycles. The molecule has 1 aromatic rings. The number of hydrogen-bond acceptors (Lipinski definition) is 3. The third-order valence-corrected chi connectivity index (χ3v) is 4.99. The molecule has 6 heteroatoms. The summed E-state index contributed by atoms with van der Waals surface area (Å²) in [6.07, 6.45) is 0.539. The Morgan fingerprint density at radius 1 is 1.24 bits per heavy atom. The highest BCUT2D eigenvalue weighted by Gasteiger charge is 2.20. The van der Waals surface area contributed by atoms with E-state index in [0.717, 1.165) is 6.54 Å². The van der Waals surface area contributed by atoms with Crippen LogP contribution in [0.2, 0.25) is 10.0 Å². The van der Waals surface area contributed by atoms with Crippen molar-refractivity contribution in [3.8, 4) is 0 Å². The van der Waals surface area contributed by atoms with Crippen molar-refractivity contribution in [3.05, 3.63) is 28.2 Å².